The smallest absolute Gasteiger partial charge is 0.131 e. The highest BCUT2D eigenvalue weighted by atomic mass is 32.1. The van der Waals surface area contributed by atoms with Crippen molar-refractivity contribution in [2.24, 2.45) is 0 Å². The SMILES string of the molecule is Cc1nnc(CN2CCc3ccc(F)cc3C2C)s1. The molecule has 5 heteroatoms. The number of aromatic nitrogens is 2. The van der Waals surface area contributed by atoms with Crippen LogP contribution < -0.4 is 0 Å². The molecule has 0 radical (unpaired) electrons. The number of fused-ring (bicyclic) bond motifs is 1. The van der Waals surface area contributed by atoms with Crippen LogP contribution in [-0.4, -0.2) is 21.6 Å². The molecule has 0 saturated carbocycles. The van der Waals surface area contributed by atoms with Crippen LogP contribution in [0.1, 0.15) is 34.1 Å². The Morgan fingerprint density at radius 2 is 2.26 bits per heavy atom. The molecular formula is C14H16FN3S. The zero-order valence-electron chi connectivity index (χ0n) is 11.1. The highest BCUT2D eigenvalue weighted by molar-refractivity contribution is 7.11. The monoisotopic (exact) mass is 277 g/mol. The van der Waals surface area contributed by atoms with Crippen molar-refractivity contribution in [3.8, 4) is 0 Å². The molecule has 1 atom stereocenters. The third-order valence-corrected chi connectivity index (χ3v) is 4.50. The molecule has 2 aromatic rings. The summed E-state index contributed by atoms with van der Waals surface area (Å²) >= 11 is 1.63. The van der Waals surface area contributed by atoms with Crippen molar-refractivity contribution in [3.63, 3.8) is 0 Å². The van der Waals surface area contributed by atoms with Crippen molar-refractivity contribution in [2.75, 3.05) is 6.54 Å². The molecule has 1 unspecified atom stereocenters. The lowest BCUT2D eigenvalue weighted by Crippen LogP contribution is -2.33. The topological polar surface area (TPSA) is 29.0 Å². The molecule has 1 aromatic carbocycles. The normalized spacial score (nSPS) is 19.4. The van der Waals surface area contributed by atoms with E-state index in [-0.39, 0.29) is 11.9 Å². The van der Waals surface area contributed by atoms with E-state index in [9.17, 15) is 4.39 Å². The maximum atomic E-state index is 13.4. The summed E-state index contributed by atoms with van der Waals surface area (Å²) in [5.74, 6) is -0.154. The molecule has 0 bridgehead atoms. The Hall–Kier alpha value is -1.33. The van der Waals surface area contributed by atoms with Gasteiger partial charge in [0.25, 0.3) is 0 Å². The number of hydrogen-bond donors (Lipinski definition) is 0. The summed E-state index contributed by atoms with van der Waals surface area (Å²) in [6, 6.07) is 5.35. The summed E-state index contributed by atoms with van der Waals surface area (Å²) in [5.41, 5.74) is 2.37. The molecule has 0 N–H and O–H groups in total. The average Bonchev–Trinajstić information content (AvgIpc) is 2.79. The van der Waals surface area contributed by atoms with E-state index in [2.05, 4.69) is 22.0 Å². The van der Waals surface area contributed by atoms with Crippen LogP contribution in [0.3, 0.4) is 0 Å². The van der Waals surface area contributed by atoms with Gasteiger partial charge in [0, 0.05) is 12.6 Å². The van der Waals surface area contributed by atoms with Crippen molar-refractivity contribution in [1.29, 1.82) is 0 Å². The maximum absolute atomic E-state index is 13.4. The highest BCUT2D eigenvalue weighted by Gasteiger charge is 2.24. The number of benzene rings is 1. The van der Waals surface area contributed by atoms with E-state index >= 15 is 0 Å². The quantitative estimate of drug-likeness (QED) is 0.844. The number of rotatable bonds is 2. The predicted molar refractivity (Wildman–Crippen MR) is 73.6 cm³/mol. The molecular weight excluding hydrogens is 261 g/mol. The van der Waals surface area contributed by atoms with Gasteiger partial charge in [0.2, 0.25) is 0 Å². The molecule has 19 heavy (non-hydrogen) atoms. The summed E-state index contributed by atoms with van der Waals surface area (Å²) < 4.78 is 13.4. The minimum atomic E-state index is -0.154. The van der Waals surface area contributed by atoms with Gasteiger partial charge in [0.1, 0.15) is 15.8 Å². The fourth-order valence-corrected chi connectivity index (χ4v) is 3.36. The lowest BCUT2D eigenvalue weighted by atomic mass is 9.93. The first-order chi connectivity index (χ1) is 9.13. The number of nitrogens with zero attached hydrogens (tertiary/aromatic N) is 3. The standard InChI is InChI=1S/C14H16FN3S/c1-9-13-7-12(15)4-3-11(13)5-6-18(9)8-14-17-16-10(2)19-14/h3-4,7,9H,5-6,8H2,1-2H3. The van der Waals surface area contributed by atoms with Crippen LogP contribution in [0.2, 0.25) is 0 Å². The Labute approximate surface area is 116 Å². The van der Waals surface area contributed by atoms with Gasteiger partial charge < -0.3 is 0 Å². The van der Waals surface area contributed by atoms with Gasteiger partial charge in [-0.05, 0) is 43.5 Å². The lowest BCUT2D eigenvalue weighted by molar-refractivity contribution is 0.188. The van der Waals surface area contributed by atoms with E-state index in [0.717, 1.165) is 35.1 Å². The van der Waals surface area contributed by atoms with Gasteiger partial charge in [-0.3, -0.25) is 4.90 Å². The largest absolute Gasteiger partial charge is 0.290 e. The Morgan fingerprint density at radius 1 is 1.42 bits per heavy atom. The molecule has 0 saturated heterocycles. The van der Waals surface area contributed by atoms with Gasteiger partial charge in [-0.2, -0.15) is 0 Å². The molecule has 100 valence electrons. The second kappa shape index (κ2) is 4.98. The lowest BCUT2D eigenvalue weighted by Gasteiger charge is -2.34. The van der Waals surface area contributed by atoms with E-state index in [0.29, 0.717) is 0 Å². The zero-order valence-corrected chi connectivity index (χ0v) is 11.9. The molecule has 1 aliphatic rings. The molecule has 3 rings (SSSR count). The third-order valence-electron chi connectivity index (χ3n) is 3.68. The molecule has 0 spiro atoms. The van der Waals surface area contributed by atoms with E-state index in [1.807, 2.05) is 13.0 Å². The van der Waals surface area contributed by atoms with E-state index in [1.165, 1.54) is 5.56 Å². The first-order valence-electron chi connectivity index (χ1n) is 6.45. The first-order valence-corrected chi connectivity index (χ1v) is 7.26. The predicted octanol–water partition coefficient (Wildman–Crippen LogP) is 3.10. The van der Waals surface area contributed by atoms with Crippen molar-refractivity contribution >= 4 is 11.3 Å². The Morgan fingerprint density at radius 3 is 3.00 bits per heavy atom. The van der Waals surface area contributed by atoms with Gasteiger partial charge >= 0.3 is 0 Å². The van der Waals surface area contributed by atoms with Crippen LogP contribution in [0.25, 0.3) is 0 Å². The summed E-state index contributed by atoms with van der Waals surface area (Å²) in [6.45, 7) is 5.87. The van der Waals surface area contributed by atoms with Gasteiger partial charge in [-0.25, -0.2) is 4.39 Å². The molecule has 0 fully saturated rings. The Kier molecular flexibility index (Phi) is 3.33. The number of hydrogen-bond acceptors (Lipinski definition) is 4. The third kappa shape index (κ3) is 2.53. The summed E-state index contributed by atoms with van der Waals surface area (Å²) in [7, 11) is 0. The second-order valence-electron chi connectivity index (χ2n) is 4.95. The Balaban J connectivity index is 1.82. The summed E-state index contributed by atoms with van der Waals surface area (Å²) in [6.07, 6.45) is 0.970. The average molecular weight is 277 g/mol. The molecule has 1 aliphatic heterocycles. The van der Waals surface area contributed by atoms with E-state index in [1.54, 1.807) is 23.5 Å². The van der Waals surface area contributed by atoms with Crippen LogP contribution in [0.4, 0.5) is 4.39 Å². The van der Waals surface area contributed by atoms with Crippen LogP contribution in [0.5, 0.6) is 0 Å². The summed E-state index contributed by atoms with van der Waals surface area (Å²) in [5, 5.41) is 10.2. The van der Waals surface area contributed by atoms with Crippen molar-refractivity contribution in [2.45, 2.75) is 32.9 Å². The fraction of sp³-hybridized carbons (Fsp3) is 0.429. The van der Waals surface area contributed by atoms with Crippen LogP contribution in [0, 0.1) is 12.7 Å². The Bertz CT molecular complexity index is 596. The second-order valence-corrected chi connectivity index (χ2v) is 6.22. The number of aryl methyl sites for hydroxylation is 1. The minimum absolute atomic E-state index is 0.154. The van der Waals surface area contributed by atoms with Gasteiger partial charge in [-0.15, -0.1) is 21.5 Å². The van der Waals surface area contributed by atoms with Crippen molar-refractivity contribution < 1.29 is 4.39 Å². The van der Waals surface area contributed by atoms with E-state index < -0.39 is 0 Å². The van der Waals surface area contributed by atoms with Crippen molar-refractivity contribution in [1.82, 2.24) is 15.1 Å². The molecule has 0 amide bonds. The van der Waals surface area contributed by atoms with E-state index in [4.69, 9.17) is 0 Å². The first kappa shape index (κ1) is 12.7. The van der Waals surface area contributed by atoms with Gasteiger partial charge in [0.15, 0.2) is 0 Å². The molecule has 0 aliphatic carbocycles. The van der Waals surface area contributed by atoms with Gasteiger partial charge in [0.05, 0.1) is 6.54 Å². The molecule has 2 heterocycles. The fourth-order valence-electron chi connectivity index (χ4n) is 2.63. The van der Waals surface area contributed by atoms with Crippen LogP contribution in [0.15, 0.2) is 18.2 Å². The summed E-state index contributed by atoms with van der Waals surface area (Å²) in [4.78, 5) is 2.34. The highest BCUT2D eigenvalue weighted by Crippen LogP contribution is 2.31. The maximum Gasteiger partial charge on any atom is 0.131 e. The van der Waals surface area contributed by atoms with Crippen molar-refractivity contribution in [3.05, 3.63) is 45.2 Å². The molecule has 1 aromatic heterocycles. The van der Waals surface area contributed by atoms with Gasteiger partial charge in [-0.1, -0.05) is 6.07 Å². The van der Waals surface area contributed by atoms with Crippen LogP contribution in [-0.2, 0) is 13.0 Å². The zero-order chi connectivity index (χ0) is 13.4. The number of halogens is 1. The molecule has 3 nitrogen and oxygen atoms in total. The van der Waals surface area contributed by atoms with Crippen LogP contribution >= 0.6 is 11.3 Å². The minimum Gasteiger partial charge on any atom is -0.290 e.